The largest absolute Gasteiger partial charge is 0.183 e. The summed E-state index contributed by atoms with van der Waals surface area (Å²) in [4.78, 5) is 10.5. The molecular weight excluding hydrogens is 266 g/mol. The third-order valence-electron chi connectivity index (χ3n) is 1.63. The van der Waals surface area contributed by atoms with Crippen molar-refractivity contribution in [1.82, 2.24) is 10.2 Å². The summed E-state index contributed by atoms with van der Waals surface area (Å²) in [6, 6.07) is 7.04. The summed E-state index contributed by atoms with van der Waals surface area (Å²) in [7, 11) is 0. The summed E-state index contributed by atoms with van der Waals surface area (Å²) in [5.74, 6) is 0. The van der Waals surface area contributed by atoms with Crippen molar-refractivity contribution in [3.05, 3.63) is 33.1 Å². The predicted octanol–water partition coefficient (Wildman–Crippen LogP) is 3.37. The lowest BCUT2D eigenvalue weighted by Gasteiger charge is -1.96. The molecular formula is C8H4BrN3OS. The Bertz CT molecular complexity index is 471. The van der Waals surface area contributed by atoms with Crippen LogP contribution in [0, 0.1) is 4.91 Å². The fraction of sp³-hybridized carbons (Fsp3) is 0. The molecule has 0 spiro atoms. The van der Waals surface area contributed by atoms with Crippen molar-refractivity contribution < 1.29 is 0 Å². The fourth-order valence-electron chi connectivity index (χ4n) is 1.05. The Morgan fingerprint density at radius 2 is 2.07 bits per heavy atom. The maximum absolute atomic E-state index is 10.5. The summed E-state index contributed by atoms with van der Waals surface area (Å²) in [5, 5.41) is 11.3. The van der Waals surface area contributed by atoms with Crippen LogP contribution in [0.3, 0.4) is 0 Å². The highest BCUT2D eigenvalue weighted by molar-refractivity contribution is 9.11. The molecule has 0 saturated carbocycles. The average Bonchev–Trinajstić information content (AvgIpc) is 2.65. The summed E-state index contributed by atoms with van der Waals surface area (Å²) >= 11 is 4.58. The summed E-state index contributed by atoms with van der Waals surface area (Å²) in [6.45, 7) is 0. The molecule has 1 aromatic heterocycles. The van der Waals surface area contributed by atoms with E-state index < -0.39 is 0 Å². The molecule has 0 amide bonds. The molecule has 0 fully saturated rings. The number of rotatable bonds is 2. The van der Waals surface area contributed by atoms with E-state index in [1.807, 2.05) is 6.07 Å². The van der Waals surface area contributed by atoms with Crippen molar-refractivity contribution in [3.8, 4) is 10.6 Å². The second kappa shape index (κ2) is 3.93. The van der Waals surface area contributed by atoms with Crippen molar-refractivity contribution in [3.63, 3.8) is 0 Å². The van der Waals surface area contributed by atoms with E-state index >= 15 is 0 Å². The first-order valence-corrected chi connectivity index (χ1v) is 5.34. The molecule has 4 nitrogen and oxygen atoms in total. The summed E-state index contributed by atoms with van der Waals surface area (Å²) in [6.07, 6.45) is 0. The summed E-state index contributed by atoms with van der Waals surface area (Å²) in [5.41, 5.74) is 1.10. The van der Waals surface area contributed by atoms with E-state index in [1.165, 1.54) is 11.3 Å². The molecule has 0 aliphatic heterocycles. The Kier molecular flexibility index (Phi) is 2.64. The van der Waals surface area contributed by atoms with Crippen molar-refractivity contribution in [2.24, 2.45) is 5.18 Å². The van der Waals surface area contributed by atoms with Crippen LogP contribution in [0.4, 0.5) is 5.69 Å². The smallest absolute Gasteiger partial charge is 0.145 e. The van der Waals surface area contributed by atoms with Crippen molar-refractivity contribution in [2.75, 3.05) is 0 Å². The molecule has 0 aliphatic rings. The number of hydrogen-bond donors (Lipinski definition) is 0. The zero-order valence-corrected chi connectivity index (χ0v) is 9.25. The molecule has 0 N–H and O–H groups in total. The topological polar surface area (TPSA) is 55.2 Å². The standard InChI is InChI=1S/C8H4BrN3OS/c9-8-11-10-7(14-8)5-3-1-2-4-6(5)12-13/h1-4H. The van der Waals surface area contributed by atoms with Crippen molar-refractivity contribution >= 4 is 33.0 Å². The number of hydrogen-bond acceptors (Lipinski definition) is 5. The monoisotopic (exact) mass is 269 g/mol. The Hall–Kier alpha value is -1.14. The van der Waals surface area contributed by atoms with Crippen molar-refractivity contribution in [2.45, 2.75) is 0 Å². The zero-order chi connectivity index (χ0) is 9.97. The van der Waals surface area contributed by atoms with E-state index in [-0.39, 0.29) is 0 Å². The number of nitroso groups, excluding NO2 is 1. The molecule has 0 saturated heterocycles. The van der Waals surface area contributed by atoms with Crippen LogP contribution in [-0.4, -0.2) is 10.2 Å². The van der Waals surface area contributed by atoms with Crippen LogP contribution < -0.4 is 0 Å². The minimum Gasteiger partial charge on any atom is -0.145 e. The van der Waals surface area contributed by atoms with Crippen molar-refractivity contribution in [1.29, 1.82) is 0 Å². The molecule has 1 aromatic carbocycles. The third kappa shape index (κ3) is 1.71. The van der Waals surface area contributed by atoms with Gasteiger partial charge in [-0.1, -0.05) is 23.5 Å². The number of aromatic nitrogens is 2. The van der Waals surface area contributed by atoms with Crippen LogP contribution in [0.5, 0.6) is 0 Å². The minimum absolute atomic E-state index is 0.385. The van der Waals surface area contributed by atoms with Crippen LogP contribution in [0.2, 0.25) is 0 Å². The number of nitrogens with zero attached hydrogens (tertiary/aromatic N) is 3. The third-order valence-corrected chi connectivity index (χ3v) is 3.02. The van der Waals surface area contributed by atoms with E-state index in [4.69, 9.17) is 0 Å². The molecule has 0 atom stereocenters. The van der Waals surface area contributed by atoms with Gasteiger partial charge < -0.3 is 0 Å². The van der Waals surface area contributed by atoms with E-state index in [0.29, 0.717) is 20.2 Å². The first-order chi connectivity index (χ1) is 6.81. The van der Waals surface area contributed by atoms with Gasteiger partial charge in [0.25, 0.3) is 0 Å². The van der Waals surface area contributed by atoms with Gasteiger partial charge in [0.2, 0.25) is 0 Å². The maximum Gasteiger partial charge on any atom is 0.183 e. The molecule has 0 aliphatic carbocycles. The second-order valence-corrected chi connectivity index (χ2v) is 4.72. The van der Waals surface area contributed by atoms with E-state index in [2.05, 4.69) is 31.3 Å². The minimum atomic E-state index is 0.385. The van der Waals surface area contributed by atoms with Gasteiger partial charge in [0.05, 0.1) is 0 Å². The molecule has 0 radical (unpaired) electrons. The van der Waals surface area contributed by atoms with Crippen LogP contribution in [0.25, 0.3) is 10.6 Å². The Morgan fingerprint density at radius 3 is 2.71 bits per heavy atom. The summed E-state index contributed by atoms with van der Waals surface area (Å²) < 4.78 is 0.688. The van der Waals surface area contributed by atoms with Gasteiger partial charge in [-0.25, -0.2) is 0 Å². The zero-order valence-electron chi connectivity index (χ0n) is 6.85. The van der Waals surface area contributed by atoms with E-state index in [1.54, 1.807) is 18.2 Å². The molecule has 1 heterocycles. The van der Waals surface area contributed by atoms with Gasteiger partial charge in [-0.05, 0) is 33.2 Å². The lowest BCUT2D eigenvalue weighted by molar-refractivity contribution is 1.07. The Labute approximate surface area is 92.1 Å². The lowest BCUT2D eigenvalue weighted by Crippen LogP contribution is -1.76. The highest BCUT2D eigenvalue weighted by Gasteiger charge is 2.09. The second-order valence-electron chi connectivity index (χ2n) is 2.47. The fourth-order valence-corrected chi connectivity index (χ4v) is 2.19. The first kappa shape index (κ1) is 9.42. The highest BCUT2D eigenvalue weighted by Crippen LogP contribution is 2.33. The van der Waals surface area contributed by atoms with E-state index in [9.17, 15) is 4.91 Å². The highest BCUT2D eigenvalue weighted by atomic mass is 79.9. The molecule has 70 valence electrons. The molecule has 14 heavy (non-hydrogen) atoms. The van der Waals surface area contributed by atoms with Crippen LogP contribution >= 0.6 is 27.3 Å². The lowest BCUT2D eigenvalue weighted by atomic mass is 10.2. The maximum atomic E-state index is 10.5. The molecule has 2 aromatic rings. The molecule has 0 unspecified atom stereocenters. The average molecular weight is 270 g/mol. The SMILES string of the molecule is O=Nc1ccccc1-c1nnc(Br)s1. The van der Waals surface area contributed by atoms with Crippen LogP contribution in [-0.2, 0) is 0 Å². The van der Waals surface area contributed by atoms with Gasteiger partial charge in [-0.3, -0.25) is 0 Å². The number of benzene rings is 1. The predicted molar refractivity (Wildman–Crippen MR) is 58.5 cm³/mol. The molecule has 0 bridgehead atoms. The Morgan fingerprint density at radius 1 is 1.29 bits per heavy atom. The quantitative estimate of drug-likeness (QED) is 0.786. The van der Waals surface area contributed by atoms with Crippen LogP contribution in [0.1, 0.15) is 0 Å². The van der Waals surface area contributed by atoms with Gasteiger partial charge in [0.15, 0.2) is 8.92 Å². The van der Waals surface area contributed by atoms with Gasteiger partial charge in [0.1, 0.15) is 5.69 Å². The normalized spacial score (nSPS) is 10.1. The van der Waals surface area contributed by atoms with Crippen LogP contribution in [0.15, 0.2) is 33.4 Å². The van der Waals surface area contributed by atoms with Gasteiger partial charge in [0, 0.05) is 5.56 Å². The Balaban J connectivity index is 2.55. The van der Waals surface area contributed by atoms with Gasteiger partial charge in [-0.2, -0.15) is 0 Å². The molecule has 2 rings (SSSR count). The first-order valence-electron chi connectivity index (χ1n) is 3.73. The van der Waals surface area contributed by atoms with Gasteiger partial charge in [-0.15, -0.1) is 15.1 Å². The van der Waals surface area contributed by atoms with E-state index in [0.717, 1.165) is 0 Å². The van der Waals surface area contributed by atoms with Gasteiger partial charge >= 0.3 is 0 Å². The number of halogens is 1. The molecule has 6 heteroatoms.